The molecule has 0 saturated carbocycles. The van der Waals surface area contributed by atoms with Crippen LogP contribution in [0, 0.1) is 12.7 Å². The molecule has 20 heavy (non-hydrogen) atoms. The molecule has 0 radical (unpaired) electrons. The van der Waals surface area contributed by atoms with E-state index in [1.165, 1.54) is 6.07 Å². The lowest BCUT2D eigenvalue weighted by molar-refractivity contribution is 0.0784. The fraction of sp³-hybridized carbons (Fsp3) is 0.188. The lowest BCUT2D eigenvalue weighted by Gasteiger charge is -2.18. The fourth-order valence-electron chi connectivity index (χ4n) is 2.00. The minimum atomic E-state index is -0.320. The molecule has 4 heteroatoms. The summed E-state index contributed by atoms with van der Waals surface area (Å²) in [6, 6.07) is 12.3. The molecule has 2 nitrogen and oxygen atoms in total. The first kappa shape index (κ1) is 14.7. The van der Waals surface area contributed by atoms with Crippen molar-refractivity contribution < 1.29 is 9.18 Å². The van der Waals surface area contributed by atoms with Crippen molar-refractivity contribution in [3.05, 3.63) is 69.4 Å². The largest absolute Gasteiger partial charge is 0.337 e. The zero-order valence-electron chi connectivity index (χ0n) is 11.4. The summed E-state index contributed by atoms with van der Waals surface area (Å²) >= 11 is 3.12. The molecule has 0 spiro atoms. The van der Waals surface area contributed by atoms with E-state index in [0.29, 0.717) is 16.6 Å². The van der Waals surface area contributed by atoms with E-state index in [9.17, 15) is 9.18 Å². The van der Waals surface area contributed by atoms with Crippen LogP contribution in [0.15, 0.2) is 46.9 Å². The summed E-state index contributed by atoms with van der Waals surface area (Å²) in [4.78, 5) is 13.9. The Hall–Kier alpha value is -1.68. The van der Waals surface area contributed by atoms with Gasteiger partial charge in [0.25, 0.3) is 5.91 Å². The Bertz CT molecular complexity index is 642. The van der Waals surface area contributed by atoms with Crippen LogP contribution in [0.2, 0.25) is 0 Å². The first-order valence-corrected chi connectivity index (χ1v) is 7.03. The number of nitrogens with zero attached hydrogens (tertiary/aromatic N) is 1. The van der Waals surface area contributed by atoms with Gasteiger partial charge in [0.05, 0.1) is 4.47 Å². The highest BCUT2D eigenvalue weighted by molar-refractivity contribution is 9.10. The summed E-state index contributed by atoms with van der Waals surface area (Å²) in [5.74, 6) is -0.384. The fourth-order valence-corrected chi connectivity index (χ4v) is 2.25. The molecule has 0 N–H and O–H groups in total. The number of carbonyl (C=O) groups excluding carboxylic acids is 1. The number of aryl methyl sites for hydroxylation is 1. The third-order valence-electron chi connectivity index (χ3n) is 3.13. The van der Waals surface area contributed by atoms with Crippen molar-refractivity contribution in [2.75, 3.05) is 7.05 Å². The van der Waals surface area contributed by atoms with Crippen molar-refractivity contribution in [2.45, 2.75) is 13.5 Å². The van der Waals surface area contributed by atoms with Crippen LogP contribution in [0.25, 0.3) is 0 Å². The first-order chi connectivity index (χ1) is 9.49. The minimum Gasteiger partial charge on any atom is -0.337 e. The van der Waals surface area contributed by atoms with Crippen molar-refractivity contribution in [1.29, 1.82) is 0 Å². The van der Waals surface area contributed by atoms with E-state index >= 15 is 0 Å². The molecule has 0 aliphatic rings. The van der Waals surface area contributed by atoms with Gasteiger partial charge >= 0.3 is 0 Å². The Morgan fingerprint density at radius 1 is 1.25 bits per heavy atom. The van der Waals surface area contributed by atoms with Gasteiger partial charge in [0, 0.05) is 19.2 Å². The zero-order chi connectivity index (χ0) is 14.7. The number of rotatable bonds is 3. The SMILES string of the molecule is Cc1ccccc1C(=O)N(C)Cc1ccc(Br)c(F)c1. The van der Waals surface area contributed by atoms with Gasteiger partial charge in [0.15, 0.2) is 0 Å². The predicted octanol–water partition coefficient (Wildman–Crippen LogP) is 4.17. The van der Waals surface area contributed by atoms with Crippen LogP contribution in [-0.4, -0.2) is 17.9 Å². The van der Waals surface area contributed by atoms with E-state index in [0.717, 1.165) is 11.1 Å². The number of carbonyl (C=O) groups is 1. The van der Waals surface area contributed by atoms with Gasteiger partial charge in [-0.15, -0.1) is 0 Å². The lowest BCUT2D eigenvalue weighted by atomic mass is 10.1. The van der Waals surface area contributed by atoms with Gasteiger partial charge in [-0.05, 0) is 52.2 Å². The molecular formula is C16H15BrFNO. The highest BCUT2D eigenvalue weighted by Gasteiger charge is 2.14. The van der Waals surface area contributed by atoms with Gasteiger partial charge in [-0.1, -0.05) is 24.3 Å². The molecule has 0 aliphatic heterocycles. The number of hydrogen-bond donors (Lipinski definition) is 0. The Morgan fingerprint density at radius 2 is 1.95 bits per heavy atom. The second-order valence-electron chi connectivity index (χ2n) is 4.72. The summed E-state index contributed by atoms with van der Waals surface area (Å²) in [7, 11) is 1.72. The Kier molecular flexibility index (Phi) is 4.55. The topological polar surface area (TPSA) is 20.3 Å². The molecule has 0 saturated heterocycles. The minimum absolute atomic E-state index is 0.0635. The Balaban J connectivity index is 2.15. The summed E-state index contributed by atoms with van der Waals surface area (Å²) in [5.41, 5.74) is 2.37. The molecule has 104 valence electrons. The van der Waals surface area contributed by atoms with Crippen molar-refractivity contribution in [3.63, 3.8) is 0 Å². The molecule has 1 amide bonds. The van der Waals surface area contributed by atoms with Gasteiger partial charge in [-0.3, -0.25) is 4.79 Å². The van der Waals surface area contributed by atoms with Crippen LogP contribution in [0.1, 0.15) is 21.5 Å². The van der Waals surface area contributed by atoms with Crippen LogP contribution in [0.4, 0.5) is 4.39 Å². The summed E-state index contributed by atoms with van der Waals surface area (Å²) in [6.45, 7) is 2.28. The number of benzene rings is 2. The van der Waals surface area contributed by atoms with E-state index < -0.39 is 0 Å². The summed E-state index contributed by atoms with van der Waals surface area (Å²) < 4.78 is 13.9. The molecule has 0 aliphatic carbocycles. The highest BCUT2D eigenvalue weighted by atomic mass is 79.9. The zero-order valence-corrected chi connectivity index (χ0v) is 12.9. The maximum absolute atomic E-state index is 13.5. The molecule has 0 fully saturated rings. The van der Waals surface area contributed by atoms with Crippen LogP contribution in [0.3, 0.4) is 0 Å². The van der Waals surface area contributed by atoms with Crippen molar-refractivity contribution in [2.24, 2.45) is 0 Å². The lowest BCUT2D eigenvalue weighted by Crippen LogP contribution is -2.26. The van der Waals surface area contributed by atoms with E-state index in [4.69, 9.17) is 0 Å². The molecule has 0 unspecified atom stereocenters. The number of amides is 1. The molecule has 0 heterocycles. The molecule has 0 bridgehead atoms. The molecule has 0 aromatic heterocycles. The average Bonchev–Trinajstić information content (AvgIpc) is 2.42. The Morgan fingerprint density at radius 3 is 2.60 bits per heavy atom. The van der Waals surface area contributed by atoms with Crippen LogP contribution >= 0.6 is 15.9 Å². The van der Waals surface area contributed by atoms with Gasteiger partial charge in [-0.25, -0.2) is 4.39 Å². The van der Waals surface area contributed by atoms with Gasteiger partial charge < -0.3 is 4.90 Å². The number of hydrogen-bond acceptors (Lipinski definition) is 1. The quantitative estimate of drug-likeness (QED) is 0.824. The molecule has 2 rings (SSSR count). The monoisotopic (exact) mass is 335 g/mol. The smallest absolute Gasteiger partial charge is 0.254 e. The van der Waals surface area contributed by atoms with Crippen molar-refractivity contribution in [1.82, 2.24) is 4.90 Å². The summed E-state index contributed by atoms with van der Waals surface area (Å²) in [5, 5.41) is 0. The second-order valence-corrected chi connectivity index (χ2v) is 5.58. The van der Waals surface area contributed by atoms with E-state index in [-0.39, 0.29) is 11.7 Å². The molecular weight excluding hydrogens is 321 g/mol. The van der Waals surface area contributed by atoms with E-state index in [1.807, 2.05) is 25.1 Å². The average molecular weight is 336 g/mol. The van der Waals surface area contributed by atoms with Crippen LogP contribution in [-0.2, 0) is 6.54 Å². The van der Waals surface area contributed by atoms with Crippen molar-refractivity contribution >= 4 is 21.8 Å². The predicted molar refractivity (Wildman–Crippen MR) is 81.1 cm³/mol. The molecule has 2 aromatic carbocycles. The maximum atomic E-state index is 13.5. The standard InChI is InChI=1S/C16H15BrFNO/c1-11-5-3-4-6-13(11)16(20)19(2)10-12-7-8-14(17)15(18)9-12/h3-9H,10H2,1-2H3. The van der Waals surface area contributed by atoms with Crippen LogP contribution in [0.5, 0.6) is 0 Å². The van der Waals surface area contributed by atoms with Gasteiger partial charge in [-0.2, -0.15) is 0 Å². The molecule has 2 aromatic rings. The Labute approximate surface area is 126 Å². The third kappa shape index (κ3) is 3.25. The molecule has 0 atom stereocenters. The maximum Gasteiger partial charge on any atom is 0.254 e. The second kappa shape index (κ2) is 6.18. The number of halogens is 2. The van der Waals surface area contributed by atoms with E-state index in [2.05, 4.69) is 15.9 Å². The van der Waals surface area contributed by atoms with Crippen molar-refractivity contribution in [3.8, 4) is 0 Å². The highest BCUT2D eigenvalue weighted by Crippen LogP contribution is 2.18. The third-order valence-corrected chi connectivity index (χ3v) is 3.77. The van der Waals surface area contributed by atoms with E-state index in [1.54, 1.807) is 30.1 Å². The first-order valence-electron chi connectivity index (χ1n) is 6.24. The normalized spacial score (nSPS) is 10.4. The van der Waals surface area contributed by atoms with Gasteiger partial charge in [0.2, 0.25) is 0 Å². The summed E-state index contributed by atoms with van der Waals surface area (Å²) in [6.07, 6.45) is 0. The van der Waals surface area contributed by atoms with Gasteiger partial charge in [0.1, 0.15) is 5.82 Å². The van der Waals surface area contributed by atoms with Crippen LogP contribution < -0.4 is 0 Å².